The monoisotopic (exact) mass is 453 g/mol. The lowest BCUT2D eigenvalue weighted by Gasteiger charge is -2.59. The largest absolute Gasteiger partial charge is 0.331 e. The molecule has 1 aromatic rings. The molecule has 174 valence electrons. The molecule has 2 saturated heterocycles. The standard InChI is InChI=1S/C26H39N5S/c1-2-30-24(26-15-21-12-22(16-26)14-23(13-21)17-26)27-31(25(30)32)19-29-10-8-28(9-11-29)18-20-6-4-3-5-7-20/h3-7,21-24,27H,2,8-19H2,1H3. The predicted molar refractivity (Wildman–Crippen MR) is 133 cm³/mol. The minimum Gasteiger partial charge on any atom is -0.331 e. The van der Waals surface area contributed by atoms with E-state index in [0.29, 0.717) is 11.6 Å². The number of hydrogen-bond donors (Lipinski definition) is 1. The van der Waals surface area contributed by atoms with Gasteiger partial charge in [-0.1, -0.05) is 30.3 Å². The van der Waals surface area contributed by atoms with E-state index in [0.717, 1.165) is 68.8 Å². The second-order valence-corrected chi connectivity index (χ2v) is 11.7. The molecule has 1 aromatic carbocycles. The van der Waals surface area contributed by atoms with Crippen LogP contribution in [0.2, 0.25) is 0 Å². The number of benzene rings is 1. The van der Waals surface area contributed by atoms with E-state index >= 15 is 0 Å². The lowest BCUT2D eigenvalue weighted by atomic mass is 9.48. The van der Waals surface area contributed by atoms with Gasteiger partial charge in [0.2, 0.25) is 0 Å². The van der Waals surface area contributed by atoms with Gasteiger partial charge in [0.25, 0.3) is 0 Å². The van der Waals surface area contributed by atoms with Crippen molar-refractivity contribution in [2.24, 2.45) is 23.2 Å². The molecule has 6 heteroatoms. The van der Waals surface area contributed by atoms with Gasteiger partial charge in [0, 0.05) is 44.7 Å². The third-order valence-corrected chi connectivity index (χ3v) is 9.58. The highest BCUT2D eigenvalue weighted by Crippen LogP contribution is 2.62. The van der Waals surface area contributed by atoms with Crippen molar-refractivity contribution in [3.05, 3.63) is 35.9 Å². The van der Waals surface area contributed by atoms with Crippen molar-refractivity contribution in [3.8, 4) is 0 Å². The maximum atomic E-state index is 6.02. The van der Waals surface area contributed by atoms with Crippen LogP contribution in [0, 0.1) is 23.2 Å². The molecule has 2 aliphatic heterocycles. The topological polar surface area (TPSA) is 25.0 Å². The van der Waals surface area contributed by atoms with Crippen molar-refractivity contribution in [2.45, 2.75) is 58.2 Å². The molecule has 1 unspecified atom stereocenters. The molecule has 7 rings (SSSR count). The summed E-state index contributed by atoms with van der Waals surface area (Å²) in [6, 6.07) is 10.9. The fourth-order valence-corrected chi connectivity index (χ4v) is 8.41. The Bertz CT molecular complexity index is 785. The van der Waals surface area contributed by atoms with E-state index in [4.69, 9.17) is 12.2 Å². The third-order valence-electron chi connectivity index (χ3n) is 9.13. The molecule has 0 aromatic heterocycles. The fourth-order valence-electron chi connectivity index (χ4n) is 8.07. The van der Waals surface area contributed by atoms with Gasteiger partial charge >= 0.3 is 0 Å². The molecule has 4 aliphatic carbocycles. The normalized spacial score (nSPS) is 37.6. The van der Waals surface area contributed by atoms with Gasteiger partial charge in [0.05, 0.1) is 6.67 Å². The van der Waals surface area contributed by atoms with E-state index in [-0.39, 0.29) is 0 Å². The van der Waals surface area contributed by atoms with Crippen LogP contribution in [0.15, 0.2) is 30.3 Å². The van der Waals surface area contributed by atoms with Crippen molar-refractivity contribution in [1.82, 2.24) is 25.1 Å². The Labute approximate surface area is 199 Å². The van der Waals surface area contributed by atoms with Gasteiger partial charge in [0.15, 0.2) is 5.11 Å². The summed E-state index contributed by atoms with van der Waals surface area (Å²) in [6.45, 7) is 9.76. The summed E-state index contributed by atoms with van der Waals surface area (Å²) in [6.07, 6.45) is 9.16. The molecule has 4 saturated carbocycles. The van der Waals surface area contributed by atoms with Gasteiger partial charge in [-0.25, -0.2) is 5.43 Å². The summed E-state index contributed by atoms with van der Waals surface area (Å²) in [4.78, 5) is 7.68. The van der Waals surface area contributed by atoms with Crippen LogP contribution in [-0.4, -0.2) is 70.4 Å². The van der Waals surface area contributed by atoms with Gasteiger partial charge in [-0.2, -0.15) is 0 Å². The molecule has 32 heavy (non-hydrogen) atoms. The van der Waals surface area contributed by atoms with Gasteiger partial charge < -0.3 is 4.90 Å². The summed E-state index contributed by atoms with van der Waals surface area (Å²) >= 11 is 6.02. The number of nitrogens with one attached hydrogen (secondary N) is 1. The smallest absolute Gasteiger partial charge is 0.188 e. The van der Waals surface area contributed by atoms with Crippen LogP contribution in [0.3, 0.4) is 0 Å². The van der Waals surface area contributed by atoms with E-state index in [1.807, 2.05) is 0 Å². The zero-order valence-electron chi connectivity index (χ0n) is 19.6. The number of hydrazine groups is 1. The Morgan fingerprint density at radius 1 is 0.906 bits per heavy atom. The molecule has 0 amide bonds. The molecule has 6 fully saturated rings. The van der Waals surface area contributed by atoms with Crippen molar-refractivity contribution in [3.63, 3.8) is 0 Å². The molecule has 5 nitrogen and oxygen atoms in total. The molecule has 1 N–H and O–H groups in total. The van der Waals surface area contributed by atoms with E-state index in [9.17, 15) is 0 Å². The Morgan fingerprint density at radius 2 is 1.50 bits per heavy atom. The van der Waals surface area contributed by atoms with Crippen molar-refractivity contribution >= 4 is 17.3 Å². The summed E-state index contributed by atoms with van der Waals surface area (Å²) in [5.74, 6) is 2.92. The molecule has 4 bridgehead atoms. The molecule has 1 atom stereocenters. The Hall–Kier alpha value is -1.21. The summed E-state index contributed by atoms with van der Waals surface area (Å²) in [7, 11) is 0. The maximum Gasteiger partial charge on any atom is 0.188 e. The molecule has 2 heterocycles. The highest BCUT2D eigenvalue weighted by Gasteiger charge is 2.57. The second-order valence-electron chi connectivity index (χ2n) is 11.3. The fraction of sp³-hybridized carbons (Fsp3) is 0.731. The first kappa shape index (κ1) is 21.3. The van der Waals surface area contributed by atoms with Crippen LogP contribution < -0.4 is 5.43 Å². The third kappa shape index (κ3) is 3.87. The average molecular weight is 454 g/mol. The lowest BCUT2D eigenvalue weighted by molar-refractivity contribution is -0.0979. The van der Waals surface area contributed by atoms with Gasteiger partial charge in [-0.15, -0.1) is 0 Å². The predicted octanol–water partition coefficient (Wildman–Crippen LogP) is 3.73. The maximum absolute atomic E-state index is 6.02. The number of nitrogens with zero attached hydrogens (tertiary/aromatic N) is 4. The van der Waals surface area contributed by atoms with Crippen LogP contribution in [0.4, 0.5) is 0 Å². The minimum absolute atomic E-state index is 0.410. The number of piperazine rings is 1. The van der Waals surface area contributed by atoms with Gasteiger partial charge in [-0.3, -0.25) is 14.8 Å². The summed E-state index contributed by atoms with van der Waals surface area (Å²) in [5.41, 5.74) is 5.82. The summed E-state index contributed by atoms with van der Waals surface area (Å²) < 4.78 is 0. The average Bonchev–Trinajstić information content (AvgIpc) is 3.11. The Kier molecular flexibility index (Phi) is 5.69. The Morgan fingerprint density at radius 3 is 2.09 bits per heavy atom. The van der Waals surface area contributed by atoms with Crippen LogP contribution in [0.1, 0.15) is 51.0 Å². The molecule has 0 radical (unpaired) electrons. The van der Waals surface area contributed by atoms with Crippen molar-refractivity contribution < 1.29 is 0 Å². The first-order chi connectivity index (χ1) is 15.6. The molecule has 0 spiro atoms. The highest BCUT2D eigenvalue weighted by atomic mass is 32.1. The van der Waals surface area contributed by atoms with E-state index in [2.05, 4.69) is 62.4 Å². The quantitative estimate of drug-likeness (QED) is 0.659. The number of thiocarbonyl (C=S) groups is 1. The van der Waals surface area contributed by atoms with E-state index < -0.39 is 0 Å². The van der Waals surface area contributed by atoms with Gasteiger partial charge in [0.1, 0.15) is 6.17 Å². The zero-order valence-corrected chi connectivity index (χ0v) is 20.4. The summed E-state index contributed by atoms with van der Waals surface area (Å²) in [5, 5.41) is 3.34. The van der Waals surface area contributed by atoms with E-state index in [1.54, 1.807) is 0 Å². The number of rotatable bonds is 6. The first-order valence-corrected chi connectivity index (χ1v) is 13.4. The van der Waals surface area contributed by atoms with Crippen molar-refractivity contribution in [2.75, 3.05) is 39.4 Å². The molecule has 6 aliphatic rings. The van der Waals surface area contributed by atoms with Crippen LogP contribution in [0.5, 0.6) is 0 Å². The SMILES string of the molecule is CCN1C(=S)N(CN2CCN(Cc3ccccc3)CC2)NC1C12CC3CC(CC(C3)C1)C2. The highest BCUT2D eigenvalue weighted by molar-refractivity contribution is 7.80. The van der Waals surface area contributed by atoms with Gasteiger partial charge in [-0.05, 0) is 81.0 Å². The Balaban J connectivity index is 1.08. The minimum atomic E-state index is 0.410. The molecular weight excluding hydrogens is 414 g/mol. The van der Waals surface area contributed by atoms with E-state index in [1.165, 1.54) is 44.1 Å². The second kappa shape index (κ2) is 8.53. The first-order valence-electron chi connectivity index (χ1n) is 12.9. The van der Waals surface area contributed by atoms with Crippen molar-refractivity contribution in [1.29, 1.82) is 0 Å². The van der Waals surface area contributed by atoms with Crippen LogP contribution in [-0.2, 0) is 6.54 Å². The lowest BCUT2D eigenvalue weighted by Crippen LogP contribution is -2.59. The number of hydrogen-bond acceptors (Lipinski definition) is 4. The van der Waals surface area contributed by atoms with Crippen LogP contribution in [0.25, 0.3) is 0 Å². The zero-order chi connectivity index (χ0) is 21.7. The van der Waals surface area contributed by atoms with Crippen LogP contribution >= 0.6 is 12.2 Å². The molecular formula is C26H39N5S.